The number of pyridine rings is 1. The topological polar surface area (TPSA) is 84.7 Å². The summed E-state index contributed by atoms with van der Waals surface area (Å²) in [4.78, 5) is 16.1. The van der Waals surface area contributed by atoms with E-state index in [0.717, 1.165) is 23.1 Å². The molecule has 0 fully saturated rings. The lowest BCUT2D eigenvalue weighted by atomic mass is 10.4. The lowest BCUT2D eigenvalue weighted by Gasteiger charge is -2.08. The van der Waals surface area contributed by atoms with Crippen LogP contribution in [0.2, 0.25) is 0 Å². The number of hydrogen-bond donors (Lipinski definition) is 2. The number of thioether (sulfide) groups is 1. The van der Waals surface area contributed by atoms with Crippen LogP contribution in [0, 0.1) is 0 Å². The highest BCUT2D eigenvalue weighted by Crippen LogP contribution is 2.16. The van der Waals surface area contributed by atoms with Gasteiger partial charge in [-0.25, -0.2) is 9.78 Å². The van der Waals surface area contributed by atoms with Crippen LogP contribution in [0.4, 0.5) is 10.5 Å². The molecule has 2 amide bonds. The van der Waals surface area contributed by atoms with Gasteiger partial charge >= 0.3 is 6.03 Å². The van der Waals surface area contributed by atoms with Crippen molar-refractivity contribution in [2.24, 2.45) is 0 Å². The Balaban J connectivity index is 1.84. The first-order chi connectivity index (χ1) is 10.2. The molecule has 2 rings (SSSR count). The molecule has 0 aliphatic heterocycles. The zero-order valence-electron chi connectivity index (χ0n) is 12.0. The molecule has 2 aromatic rings. The summed E-state index contributed by atoms with van der Waals surface area (Å²) in [7, 11) is 0. The summed E-state index contributed by atoms with van der Waals surface area (Å²) in [6.45, 7) is 5.17. The van der Waals surface area contributed by atoms with E-state index in [9.17, 15) is 4.79 Å². The lowest BCUT2D eigenvalue weighted by Crippen LogP contribution is -2.29. The molecule has 112 valence electrons. The average molecular weight is 306 g/mol. The summed E-state index contributed by atoms with van der Waals surface area (Å²) in [5.41, 5.74) is 0.657. The van der Waals surface area contributed by atoms with E-state index < -0.39 is 0 Å². The van der Waals surface area contributed by atoms with E-state index in [0.29, 0.717) is 12.2 Å². The first-order valence-corrected chi connectivity index (χ1v) is 7.71. The average Bonchev–Trinajstić information content (AvgIpc) is 2.95. The molecular weight excluding hydrogens is 288 g/mol. The number of amides is 2. The molecule has 0 saturated carbocycles. The number of aryl methyl sites for hydroxylation is 1. The Kier molecular flexibility index (Phi) is 5.56. The van der Waals surface area contributed by atoms with Gasteiger partial charge in [-0.2, -0.15) is 0 Å². The Bertz CT molecular complexity index is 583. The van der Waals surface area contributed by atoms with Crippen molar-refractivity contribution in [2.75, 3.05) is 11.1 Å². The van der Waals surface area contributed by atoms with Crippen molar-refractivity contribution < 1.29 is 4.79 Å². The summed E-state index contributed by atoms with van der Waals surface area (Å²) < 4.78 is 1.87. The summed E-state index contributed by atoms with van der Waals surface area (Å²) in [5, 5.41) is 14.2. The van der Waals surface area contributed by atoms with Crippen molar-refractivity contribution in [3.8, 4) is 0 Å². The second-order valence-corrected chi connectivity index (χ2v) is 5.44. The summed E-state index contributed by atoms with van der Waals surface area (Å²) >= 11 is 1.66. The van der Waals surface area contributed by atoms with Gasteiger partial charge in [0.1, 0.15) is 6.33 Å². The van der Waals surface area contributed by atoms with Crippen molar-refractivity contribution in [1.29, 1.82) is 0 Å². The van der Waals surface area contributed by atoms with Crippen molar-refractivity contribution in [3.63, 3.8) is 0 Å². The fourth-order valence-electron chi connectivity index (χ4n) is 1.70. The smallest absolute Gasteiger partial charge is 0.319 e. The number of hydrogen-bond acceptors (Lipinski definition) is 5. The lowest BCUT2D eigenvalue weighted by molar-refractivity contribution is 0.251. The zero-order chi connectivity index (χ0) is 15.1. The maximum Gasteiger partial charge on any atom is 0.319 e. The quantitative estimate of drug-likeness (QED) is 0.799. The molecule has 0 radical (unpaired) electrons. The standard InChI is InChI=1S/C13H18N6OS/c1-3-19-9-16-18-11(19)8-15-13(20)17-10-5-6-12(14-7-10)21-4-2/h5-7,9H,3-4,8H2,1-2H3,(H2,15,17,20). The van der Waals surface area contributed by atoms with Gasteiger partial charge in [0.2, 0.25) is 0 Å². The van der Waals surface area contributed by atoms with Gasteiger partial charge in [-0.3, -0.25) is 0 Å². The first-order valence-electron chi connectivity index (χ1n) is 6.73. The summed E-state index contributed by atoms with van der Waals surface area (Å²) in [6.07, 6.45) is 3.29. The predicted molar refractivity (Wildman–Crippen MR) is 82.2 cm³/mol. The van der Waals surface area contributed by atoms with Gasteiger partial charge < -0.3 is 15.2 Å². The van der Waals surface area contributed by atoms with Gasteiger partial charge in [-0.1, -0.05) is 6.92 Å². The Morgan fingerprint density at radius 2 is 2.24 bits per heavy atom. The predicted octanol–water partition coefficient (Wildman–Crippen LogP) is 2.13. The number of nitrogens with one attached hydrogen (secondary N) is 2. The van der Waals surface area contributed by atoms with Crippen LogP contribution in [0.15, 0.2) is 29.7 Å². The maximum atomic E-state index is 11.8. The van der Waals surface area contributed by atoms with E-state index in [1.165, 1.54) is 0 Å². The van der Waals surface area contributed by atoms with Crippen LogP contribution in [-0.2, 0) is 13.1 Å². The normalized spacial score (nSPS) is 10.4. The molecule has 2 aromatic heterocycles. The van der Waals surface area contributed by atoms with Crippen LogP contribution in [0.1, 0.15) is 19.7 Å². The molecule has 0 unspecified atom stereocenters. The minimum absolute atomic E-state index is 0.293. The van der Waals surface area contributed by atoms with Gasteiger partial charge in [0.05, 0.1) is 23.5 Å². The number of anilines is 1. The number of carbonyl (C=O) groups excluding carboxylic acids is 1. The fourth-order valence-corrected chi connectivity index (χ4v) is 2.29. The molecule has 0 atom stereocenters. The maximum absolute atomic E-state index is 11.8. The van der Waals surface area contributed by atoms with Crippen molar-refractivity contribution in [1.82, 2.24) is 25.1 Å². The minimum Gasteiger partial charge on any atom is -0.331 e. The van der Waals surface area contributed by atoms with Crippen molar-refractivity contribution >= 4 is 23.5 Å². The molecule has 0 aromatic carbocycles. The Hall–Kier alpha value is -2.09. The largest absolute Gasteiger partial charge is 0.331 e. The monoisotopic (exact) mass is 306 g/mol. The fraction of sp³-hybridized carbons (Fsp3) is 0.385. The first kappa shape index (κ1) is 15.3. The van der Waals surface area contributed by atoms with Crippen LogP contribution >= 0.6 is 11.8 Å². The summed E-state index contributed by atoms with van der Waals surface area (Å²) in [6, 6.07) is 3.43. The van der Waals surface area contributed by atoms with Gasteiger partial charge in [0.15, 0.2) is 5.82 Å². The number of carbonyl (C=O) groups is 1. The van der Waals surface area contributed by atoms with E-state index in [2.05, 4.69) is 32.7 Å². The molecule has 2 N–H and O–H groups in total. The highest BCUT2D eigenvalue weighted by molar-refractivity contribution is 7.99. The molecule has 0 aliphatic rings. The van der Waals surface area contributed by atoms with E-state index in [4.69, 9.17) is 0 Å². The number of nitrogens with zero attached hydrogens (tertiary/aromatic N) is 4. The Morgan fingerprint density at radius 3 is 2.90 bits per heavy atom. The van der Waals surface area contributed by atoms with E-state index in [1.54, 1.807) is 24.3 Å². The van der Waals surface area contributed by atoms with Crippen LogP contribution in [0.5, 0.6) is 0 Å². The van der Waals surface area contributed by atoms with Gasteiger partial charge in [0, 0.05) is 6.54 Å². The molecule has 0 bridgehead atoms. The van der Waals surface area contributed by atoms with E-state index in [-0.39, 0.29) is 6.03 Å². The SMILES string of the molecule is CCSc1ccc(NC(=O)NCc2nncn2CC)cn1. The van der Waals surface area contributed by atoms with Gasteiger partial charge in [0.25, 0.3) is 0 Å². The Morgan fingerprint density at radius 1 is 1.38 bits per heavy atom. The number of urea groups is 1. The summed E-state index contributed by atoms with van der Waals surface area (Å²) in [5.74, 6) is 1.69. The van der Waals surface area contributed by atoms with Crippen LogP contribution in [-0.4, -0.2) is 31.5 Å². The minimum atomic E-state index is -0.293. The highest BCUT2D eigenvalue weighted by atomic mass is 32.2. The molecule has 7 nitrogen and oxygen atoms in total. The van der Waals surface area contributed by atoms with Crippen molar-refractivity contribution in [3.05, 3.63) is 30.5 Å². The molecular formula is C13H18N6OS. The van der Waals surface area contributed by atoms with Crippen LogP contribution in [0.25, 0.3) is 0 Å². The third-order valence-corrected chi connectivity index (χ3v) is 3.56. The third kappa shape index (κ3) is 4.45. The van der Waals surface area contributed by atoms with E-state index in [1.807, 2.05) is 23.6 Å². The molecule has 0 saturated heterocycles. The Labute approximate surface area is 127 Å². The van der Waals surface area contributed by atoms with Crippen LogP contribution in [0.3, 0.4) is 0 Å². The highest BCUT2D eigenvalue weighted by Gasteiger charge is 2.06. The second-order valence-electron chi connectivity index (χ2n) is 4.16. The van der Waals surface area contributed by atoms with Gasteiger partial charge in [-0.15, -0.1) is 22.0 Å². The van der Waals surface area contributed by atoms with E-state index >= 15 is 0 Å². The third-order valence-electron chi connectivity index (χ3n) is 2.73. The molecule has 0 aliphatic carbocycles. The van der Waals surface area contributed by atoms with Gasteiger partial charge in [-0.05, 0) is 24.8 Å². The molecule has 21 heavy (non-hydrogen) atoms. The molecule has 2 heterocycles. The van der Waals surface area contributed by atoms with Crippen molar-refractivity contribution in [2.45, 2.75) is 32.0 Å². The number of aromatic nitrogens is 4. The zero-order valence-corrected chi connectivity index (χ0v) is 12.9. The second kappa shape index (κ2) is 7.63. The molecule has 0 spiro atoms. The number of rotatable bonds is 6. The molecule has 8 heteroatoms. The van der Waals surface area contributed by atoms with Crippen LogP contribution < -0.4 is 10.6 Å².